The van der Waals surface area contributed by atoms with Gasteiger partial charge in [-0.15, -0.1) is 0 Å². The highest BCUT2D eigenvalue weighted by atomic mass is 15.1. The molecule has 0 N–H and O–H groups in total. The average molecular weight is 167 g/mol. The molecule has 1 rings (SSSR count). The Morgan fingerprint density at radius 1 is 1.50 bits per heavy atom. The van der Waals surface area contributed by atoms with Crippen molar-refractivity contribution in [1.82, 2.24) is 4.90 Å². The maximum Gasteiger partial charge on any atom is 0.0187 e. The summed E-state index contributed by atoms with van der Waals surface area (Å²) in [4.78, 5) is 2.46. The minimum atomic E-state index is 0.807. The standard InChI is InChI=1S/C11H21N/c1-9(2)8-12(4)11-7-5-6-10(11)3/h10-11H,1,5-8H2,2-4H3. The molecule has 2 atom stereocenters. The molecule has 2 unspecified atom stereocenters. The topological polar surface area (TPSA) is 3.24 Å². The summed E-state index contributed by atoms with van der Waals surface area (Å²) in [5.41, 5.74) is 1.27. The van der Waals surface area contributed by atoms with Gasteiger partial charge in [0.2, 0.25) is 0 Å². The van der Waals surface area contributed by atoms with Gasteiger partial charge >= 0.3 is 0 Å². The first-order valence-electron chi connectivity index (χ1n) is 4.96. The quantitative estimate of drug-likeness (QED) is 0.584. The molecule has 0 aliphatic heterocycles. The summed E-state index contributed by atoms with van der Waals surface area (Å²) in [7, 11) is 2.22. The second kappa shape index (κ2) is 4.08. The Morgan fingerprint density at radius 3 is 2.58 bits per heavy atom. The van der Waals surface area contributed by atoms with Crippen molar-refractivity contribution >= 4 is 0 Å². The molecule has 0 aromatic carbocycles. The van der Waals surface area contributed by atoms with Crippen molar-refractivity contribution in [2.75, 3.05) is 13.6 Å². The molecule has 1 fully saturated rings. The fourth-order valence-electron chi connectivity index (χ4n) is 2.32. The maximum absolute atomic E-state index is 3.95. The van der Waals surface area contributed by atoms with Crippen LogP contribution >= 0.6 is 0 Å². The zero-order valence-electron chi connectivity index (χ0n) is 8.64. The van der Waals surface area contributed by atoms with Crippen molar-refractivity contribution in [3.8, 4) is 0 Å². The van der Waals surface area contributed by atoms with Gasteiger partial charge in [-0.2, -0.15) is 0 Å². The van der Waals surface area contributed by atoms with Crippen LogP contribution in [0.15, 0.2) is 12.2 Å². The lowest BCUT2D eigenvalue weighted by Crippen LogP contribution is -2.34. The minimum absolute atomic E-state index is 0.807. The van der Waals surface area contributed by atoms with Gasteiger partial charge in [0.15, 0.2) is 0 Å². The van der Waals surface area contributed by atoms with Gasteiger partial charge in [-0.05, 0) is 32.7 Å². The Kier molecular flexibility index (Phi) is 3.33. The number of hydrogen-bond donors (Lipinski definition) is 0. The van der Waals surface area contributed by atoms with Gasteiger partial charge in [0.25, 0.3) is 0 Å². The van der Waals surface area contributed by atoms with E-state index in [-0.39, 0.29) is 0 Å². The molecule has 0 amide bonds. The van der Waals surface area contributed by atoms with E-state index in [1.54, 1.807) is 0 Å². The molecule has 0 bridgehead atoms. The van der Waals surface area contributed by atoms with E-state index in [0.29, 0.717) is 0 Å². The van der Waals surface area contributed by atoms with Crippen LogP contribution in [0.3, 0.4) is 0 Å². The smallest absolute Gasteiger partial charge is 0.0187 e. The molecular formula is C11H21N. The molecule has 1 saturated carbocycles. The molecular weight excluding hydrogens is 146 g/mol. The molecule has 0 radical (unpaired) electrons. The fraction of sp³-hybridized carbons (Fsp3) is 0.818. The van der Waals surface area contributed by atoms with Gasteiger partial charge in [0.1, 0.15) is 0 Å². The monoisotopic (exact) mass is 167 g/mol. The predicted octanol–water partition coefficient (Wildman–Crippen LogP) is 2.68. The van der Waals surface area contributed by atoms with Crippen LogP contribution in [0.2, 0.25) is 0 Å². The van der Waals surface area contributed by atoms with Gasteiger partial charge in [0, 0.05) is 12.6 Å². The summed E-state index contributed by atoms with van der Waals surface area (Å²) in [6, 6.07) is 0.807. The second-order valence-electron chi connectivity index (χ2n) is 4.35. The molecule has 0 saturated heterocycles. The number of likely N-dealkylation sites (N-methyl/N-ethyl adjacent to an activating group) is 1. The highest BCUT2D eigenvalue weighted by molar-refractivity contribution is 4.94. The average Bonchev–Trinajstić information content (AvgIpc) is 2.33. The first kappa shape index (κ1) is 9.79. The van der Waals surface area contributed by atoms with Crippen LogP contribution in [0.5, 0.6) is 0 Å². The van der Waals surface area contributed by atoms with Crippen molar-refractivity contribution in [2.45, 2.75) is 39.2 Å². The molecule has 1 heteroatoms. The normalized spacial score (nSPS) is 29.7. The highest BCUT2D eigenvalue weighted by Crippen LogP contribution is 2.28. The van der Waals surface area contributed by atoms with Crippen LogP contribution in [0.4, 0.5) is 0 Å². The fourth-order valence-corrected chi connectivity index (χ4v) is 2.32. The summed E-state index contributed by atoms with van der Waals surface area (Å²) in [5.74, 6) is 0.884. The zero-order chi connectivity index (χ0) is 9.14. The van der Waals surface area contributed by atoms with Crippen molar-refractivity contribution in [1.29, 1.82) is 0 Å². The predicted molar refractivity (Wildman–Crippen MR) is 54.2 cm³/mol. The van der Waals surface area contributed by atoms with Gasteiger partial charge in [-0.3, -0.25) is 4.90 Å². The van der Waals surface area contributed by atoms with E-state index >= 15 is 0 Å². The third-order valence-electron chi connectivity index (χ3n) is 2.90. The second-order valence-corrected chi connectivity index (χ2v) is 4.35. The van der Waals surface area contributed by atoms with Crippen molar-refractivity contribution in [3.63, 3.8) is 0 Å². The molecule has 0 aromatic heterocycles. The maximum atomic E-state index is 3.95. The summed E-state index contributed by atoms with van der Waals surface area (Å²) in [6.07, 6.45) is 4.20. The first-order chi connectivity index (χ1) is 5.61. The van der Waals surface area contributed by atoms with Crippen molar-refractivity contribution in [2.24, 2.45) is 5.92 Å². The zero-order valence-corrected chi connectivity index (χ0v) is 8.64. The van der Waals surface area contributed by atoms with Gasteiger partial charge in [-0.1, -0.05) is 25.5 Å². The van der Waals surface area contributed by atoms with Gasteiger partial charge < -0.3 is 0 Å². The Balaban J connectivity index is 2.40. The third-order valence-corrected chi connectivity index (χ3v) is 2.90. The Labute approximate surface area is 76.5 Å². The van der Waals surface area contributed by atoms with E-state index < -0.39 is 0 Å². The van der Waals surface area contributed by atoms with E-state index in [9.17, 15) is 0 Å². The minimum Gasteiger partial charge on any atom is -0.299 e. The summed E-state index contributed by atoms with van der Waals surface area (Å²) >= 11 is 0. The van der Waals surface area contributed by atoms with Gasteiger partial charge in [-0.25, -0.2) is 0 Å². The van der Waals surface area contributed by atoms with E-state index in [4.69, 9.17) is 0 Å². The molecule has 1 nitrogen and oxygen atoms in total. The SMILES string of the molecule is C=C(C)CN(C)C1CCCC1C. The van der Waals surface area contributed by atoms with E-state index in [0.717, 1.165) is 18.5 Å². The van der Waals surface area contributed by atoms with Crippen LogP contribution in [0.25, 0.3) is 0 Å². The van der Waals surface area contributed by atoms with E-state index in [1.165, 1.54) is 24.8 Å². The lowest BCUT2D eigenvalue weighted by Gasteiger charge is -2.27. The molecule has 12 heavy (non-hydrogen) atoms. The van der Waals surface area contributed by atoms with Crippen LogP contribution in [0, 0.1) is 5.92 Å². The van der Waals surface area contributed by atoms with Crippen LogP contribution in [-0.2, 0) is 0 Å². The Morgan fingerprint density at radius 2 is 2.17 bits per heavy atom. The number of hydrogen-bond acceptors (Lipinski definition) is 1. The largest absolute Gasteiger partial charge is 0.299 e. The first-order valence-corrected chi connectivity index (χ1v) is 4.96. The third kappa shape index (κ3) is 2.34. The summed E-state index contributed by atoms with van der Waals surface area (Å²) < 4.78 is 0. The Hall–Kier alpha value is -0.300. The van der Waals surface area contributed by atoms with Crippen molar-refractivity contribution in [3.05, 3.63) is 12.2 Å². The lowest BCUT2D eigenvalue weighted by atomic mass is 10.1. The molecule has 70 valence electrons. The molecule has 0 heterocycles. The molecule has 1 aliphatic rings. The molecule has 0 spiro atoms. The van der Waals surface area contributed by atoms with Crippen LogP contribution in [-0.4, -0.2) is 24.5 Å². The van der Waals surface area contributed by atoms with Crippen LogP contribution in [0.1, 0.15) is 33.1 Å². The number of rotatable bonds is 3. The Bertz CT molecular complexity index is 162. The van der Waals surface area contributed by atoms with Crippen LogP contribution < -0.4 is 0 Å². The van der Waals surface area contributed by atoms with Gasteiger partial charge in [0.05, 0.1) is 0 Å². The number of nitrogens with zero attached hydrogens (tertiary/aromatic N) is 1. The summed E-state index contributed by atoms with van der Waals surface area (Å²) in [5, 5.41) is 0. The lowest BCUT2D eigenvalue weighted by molar-refractivity contribution is 0.222. The highest BCUT2D eigenvalue weighted by Gasteiger charge is 2.26. The molecule has 0 aromatic rings. The van der Waals surface area contributed by atoms with E-state index in [1.807, 2.05) is 0 Å². The van der Waals surface area contributed by atoms with E-state index in [2.05, 4.69) is 32.4 Å². The molecule has 1 aliphatic carbocycles. The van der Waals surface area contributed by atoms with Crippen molar-refractivity contribution < 1.29 is 0 Å². The summed E-state index contributed by atoms with van der Waals surface area (Å²) in [6.45, 7) is 9.49.